The van der Waals surface area contributed by atoms with Gasteiger partial charge in [0.1, 0.15) is 0 Å². The Morgan fingerprint density at radius 1 is 1.41 bits per heavy atom. The van der Waals surface area contributed by atoms with E-state index in [0.717, 1.165) is 19.3 Å². The molecule has 1 saturated carbocycles. The lowest BCUT2D eigenvalue weighted by Gasteiger charge is -2.46. The molecule has 2 heteroatoms. The highest BCUT2D eigenvalue weighted by atomic mass is 16.7. The zero-order valence-electron chi connectivity index (χ0n) is 11.1. The van der Waals surface area contributed by atoms with Gasteiger partial charge in [-0.2, -0.15) is 0 Å². The van der Waals surface area contributed by atoms with Crippen molar-refractivity contribution < 1.29 is 9.47 Å². The van der Waals surface area contributed by atoms with Gasteiger partial charge in [-0.15, -0.1) is 12.3 Å². The summed E-state index contributed by atoms with van der Waals surface area (Å²) in [6.45, 7) is 7.72. The van der Waals surface area contributed by atoms with Gasteiger partial charge in [0.2, 0.25) is 0 Å². The molecule has 0 aromatic heterocycles. The van der Waals surface area contributed by atoms with E-state index in [1.165, 1.54) is 5.57 Å². The highest BCUT2D eigenvalue weighted by Crippen LogP contribution is 2.50. The topological polar surface area (TPSA) is 18.5 Å². The van der Waals surface area contributed by atoms with Gasteiger partial charge in [-0.05, 0) is 33.6 Å². The second-order valence-electron chi connectivity index (χ2n) is 5.58. The Morgan fingerprint density at radius 3 is 2.59 bits per heavy atom. The third kappa shape index (κ3) is 2.14. The molecule has 0 aromatic rings. The summed E-state index contributed by atoms with van der Waals surface area (Å²) in [7, 11) is 0. The monoisotopic (exact) mass is 234 g/mol. The van der Waals surface area contributed by atoms with Gasteiger partial charge in [0.05, 0.1) is 13.2 Å². The fourth-order valence-electron chi connectivity index (χ4n) is 3.01. The molecule has 2 rings (SSSR count). The Morgan fingerprint density at radius 2 is 2.06 bits per heavy atom. The normalized spacial score (nSPS) is 30.7. The van der Waals surface area contributed by atoms with Crippen molar-refractivity contribution in [2.24, 2.45) is 11.3 Å². The highest BCUT2D eigenvalue weighted by Gasteiger charge is 2.52. The van der Waals surface area contributed by atoms with Crippen molar-refractivity contribution in [1.82, 2.24) is 0 Å². The Labute approximate surface area is 104 Å². The summed E-state index contributed by atoms with van der Waals surface area (Å²) < 4.78 is 11.9. The largest absolute Gasteiger partial charge is 0.347 e. The van der Waals surface area contributed by atoms with Crippen molar-refractivity contribution in [1.29, 1.82) is 0 Å². The van der Waals surface area contributed by atoms with Crippen LogP contribution in [-0.2, 0) is 9.47 Å². The van der Waals surface area contributed by atoms with E-state index in [0.29, 0.717) is 13.2 Å². The summed E-state index contributed by atoms with van der Waals surface area (Å²) in [5.74, 6) is 2.74. The molecule has 1 heterocycles. The quantitative estimate of drug-likeness (QED) is 0.512. The van der Waals surface area contributed by atoms with Crippen LogP contribution < -0.4 is 0 Å². The summed E-state index contributed by atoms with van der Waals surface area (Å²) in [6.07, 6.45) is 10.9. The fourth-order valence-corrected chi connectivity index (χ4v) is 3.01. The molecule has 1 unspecified atom stereocenters. The van der Waals surface area contributed by atoms with E-state index in [9.17, 15) is 0 Å². The van der Waals surface area contributed by atoms with Crippen molar-refractivity contribution in [2.45, 2.75) is 45.8 Å². The van der Waals surface area contributed by atoms with E-state index in [2.05, 4.69) is 32.8 Å². The van der Waals surface area contributed by atoms with Gasteiger partial charge in [-0.1, -0.05) is 11.6 Å². The van der Waals surface area contributed by atoms with Crippen LogP contribution in [0.3, 0.4) is 0 Å². The molecule has 1 aliphatic heterocycles. The number of rotatable bonds is 1. The molecule has 1 saturated heterocycles. The Hall–Kier alpha value is -0.780. The standard InChI is InChI=1S/C15H22O2/c1-5-12-7-8-15(16-9-10-17-15)13(11-12)14(3,4)6-2/h2,5,13H,7-11H2,1,3-4H3. The van der Waals surface area contributed by atoms with Crippen LogP contribution in [0.25, 0.3) is 0 Å². The van der Waals surface area contributed by atoms with Crippen molar-refractivity contribution in [3.8, 4) is 12.3 Å². The first-order chi connectivity index (χ1) is 8.04. The van der Waals surface area contributed by atoms with Crippen LogP contribution in [0.15, 0.2) is 11.6 Å². The summed E-state index contributed by atoms with van der Waals surface area (Å²) >= 11 is 0. The molecule has 0 N–H and O–H groups in total. The molecule has 2 fully saturated rings. The number of allylic oxidation sites excluding steroid dienone is 2. The van der Waals surface area contributed by atoms with Gasteiger partial charge in [0.15, 0.2) is 5.79 Å². The van der Waals surface area contributed by atoms with Crippen molar-refractivity contribution >= 4 is 0 Å². The maximum absolute atomic E-state index is 5.93. The summed E-state index contributed by atoms with van der Waals surface area (Å²) in [5, 5.41) is 0. The molecular formula is C15H22O2. The molecule has 1 atom stereocenters. The molecule has 0 bridgehead atoms. The van der Waals surface area contributed by atoms with Crippen LogP contribution in [0, 0.1) is 23.7 Å². The molecule has 1 spiro atoms. The minimum atomic E-state index is -0.428. The van der Waals surface area contributed by atoms with E-state index in [4.69, 9.17) is 15.9 Å². The lowest BCUT2D eigenvalue weighted by atomic mass is 9.66. The molecule has 1 aliphatic carbocycles. The van der Waals surface area contributed by atoms with Gasteiger partial charge in [0.25, 0.3) is 0 Å². The molecular weight excluding hydrogens is 212 g/mol. The van der Waals surface area contributed by atoms with Crippen LogP contribution >= 0.6 is 0 Å². The Balaban J connectivity index is 2.30. The summed E-state index contributed by atoms with van der Waals surface area (Å²) in [4.78, 5) is 0. The lowest BCUT2D eigenvalue weighted by Crippen LogP contribution is -2.48. The minimum Gasteiger partial charge on any atom is -0.347 e. The molecule has 94 valence electrons. The lowest BCUT2D eigenvalue weighted by molar-refractivity contribution is -0.223. The molecule has 17 heavy (non-hydrogen) atoms. The predicted molar refractivity (Wildman–Crippen MR) is 68.3 cm³/mol. The van der Waals surface area contributed by atoms with Crippen molar-refractivity contribution in [3.05, 3.63) is 11.6 Å². The maximum Gasteiger partial charge on any atom is 0.173 e. The zero-order chi connectivity index (χ0) is 12.5. The highest BCUT2D eigenvalue weighted by molar-refractivity contribution is 5.17. The second-order valence-corrected chi connectivity index (χ2v) is 5.58. The SMILES string of the molecule is C#CC(C)(C)C1CC(=CC)CCC12OCCO2. The smallest absolute Gasteiger partial charge is 0.173 e. The maximum atomic E-state index is 5.93. The Kier molecular flexibility index (Phi) is 3.34. The zero-order valence-corrected chi connectivity index (χ0v) is 11.1. The van der Waals surface area contributed by atoms with E-state index < -0.39 is 5.79 Å². The summed E-state index contributed by atoms with van der Waals surface area (Å²) in [5.41, 5.74) is 1.28. The third-order valence-electron chi connectivity index (χ3n) is 4.22. The Bertz CT molecular complexity index is 354. The van der Waals surface area contributed by atoms with Crippen molar-refractivity contribution in [2.75, 3.05) is 13.2 Å². The second kappa shape index (κ2) is 4.48. The minimum absolute atomic E-state index is 0.195. The molecule has 0 aromatic carbocycles. The van der Waals surface area contributed by atoms with E-state index >= 15 is 0 Å². The first kappa shape index (κ1) is 12.7. The van der Waals surface area contributed by atoms with Gasteiger partial charge < -0.3 is 9.47 Å². The van der Waals surface area contributed by atoms with E-state index in [1.807, 2.05) is 0 Å². The van der Waals surface area contributed by atoms with Crippen molar-refractivity contribution in [3.63, 3.8) is 0 Å². The fraction of sp³-hybridized carbons (Fsp3) is 0.733. The van der Waals surface area contributed by atoms with Gasteiger partial charge >= 0.3 is 0 Å². The molecule has 0 amide bonds. The van der Waals surface area contributed by atoms with Crippen LogP contribution in [0.1, 0.15) is 40.0 Å². The first-order valence-electron chi connectivity index (χ1n) is 6.44. The predicted octanol–water partition coefficient (Wildman–Crippen LogP) is 3.14. The van der Waals surface area contributed by atoms with Crippen LogP contribution in [0.2, 0.25) is 0 Å². The first-order valence-corrected chi connectivity index (χ1v) is 6.44. The molecule has 0 radical (unpaired) electrons. The number of hydrogen-bond donors (Lipinski definition) is 0. The third-order valence-corrected chi connectivity index (χ3v) is 4.22. The van der Waals surface area contributed by atoms with E-state index in [-0.39, 0.29) is 11.3 Å². The van der Waals surface area contributed by atoms with Crippen LogP contribution in [0.4, 0.5) is 0 Å². The van der Waals surface area contributed by atoms with Gasteiger partial charge in [0, 0.05) is 17.8 Å². The summed E-state index contributed by atoms with van der Waals surface area (Å²) in [6, 6.07) is 0. The average Bonchev–Trinajstić information content (AvgIpc) is 2.79. The average molecular weight is 234 g/mol. The number of hydrogen-bond acceptors (Lipinski definition) is 2. The van der Waals surface area contributed by atoms with Crippen LogP contribution in [0.5, 0.6) is 0 Å². The molecule has 2 aliphatic rings. The van der Waals surface area contributed by atoms with Gasteiger partial charge in [-0.25, -0.2) is 0 Å². The van der Waals surface area contributed by atoms with Crippen LogP contribution in [-0.4, -0.2) is 19.0 Å². The van der Waals surface area contributed by atoms with E-state index in [1.54, 1.807) is 0 Å². The number of terminal acetylenes is 1. The molecule has 2 nitrogen and oxygen atoms in total. The van der Waals surface area contributed by atoms with Gasteiger partial charge in [-0.3, -0.25) is 0 Å². The number of ether oxygens (including phenoxy) is 2.